The van der Waals surface area contributed by atoms with E-state index in [2.05, 4.69) is 24.3 Å². The number of carboxylic acids is 1. The van der Waals surface area contributed by atoms with Crippen LogP contribution in [0.25, 0.3) is 11.1 Å². The Bertz CT molecular complexity index is 816. The molecule has 3 rings (SSSR count). The molecule has 0 saturated heterocycles. The zero-order chi connectivity index (χ0) is 20.3. The lowest BCUT2D eigenvalue weighted by atomic mass is 9.98. The predicted octanol–water partition coefficient (Wildman–Crippen LogP) is 4.76. The van der Waals surface area contributed by atoms with Crippen LogP contribution in [0.15, 0.2) is 48.5 Å². The van der Waals surface area contributed by atoms with E-state index < -0.39 is 12.1 Å². The van der Waals surface area contributed by atoms with E-state index in [0.29, 0.717) is 6.42 Å². The molecule has 0 fully saturated rings. The zero-order valence-electron chi connectivity index (χ0n) is 16.6. The molecule has 0 spiro atoms. The number of amides is 1. The van der Waals surface area contributed by atoms with Gasteiger partial charge in [0.15, 0.2) is 0 Å². The lowest BCUT2D eigenvalue weighted by Gasteiger charge is -2.28. The third kappa shape index (κ3) is 4.19. The molecule has 1 amide bonds. The molecule has 28 heavy (non-hydrogen) atoms. The maximum atomic E-state index is 12.6. The van der Waals surface area contributed by atoms with E-state index in [1.807, 2.05) is 38.1 Å². The summed E-state index contributed by atoms with van der Waals surface area (Å²) in [4.78, 5) is 25.3. The fourth-order valence-corrected chi connectivity index (χ4v) is 3.97. The fraction of sp³-hybridized carbons (Fsp3) is 0.391. The smallest absolute Gasteiger partial charge is 0.409 e. The minimum Gasteiger partial charge on any atom is -0.481 e. The number of hydrogen-bond acceptors (Lipinski definition) is 3. The van der Waals surface area contributed by atoms with Crippen LogP contribution in [0, 0.1) is 5.92 Å². The van der Waals surface area contributed by atoms with Gasteiger partial charge in [0, 0.05) is 19.0 Å². The van der Waals surface area contributed by atoms with Crippen LogP contribution in [-0.2, 0) is 9.53 Å². The van der Waals surface area contributed by atoms with Crippen LogP contribution < -0.4 is 0 Å². The summed E-state index contributed by atoms with van der Waals surface area (Å²) in [5, 5.41) is 9.17. The second-order valence-corrected chi connectivity index (χ2v) is 7.80. The van der Waals surface area contributed by atoms with E-state index >= 15 is 0 Å². The zero-order valence-corrected chi connectivity index (χ0v) is 16.6. The third-order valence-corrected chi connectivity index (χ3v) is 5.33. The minimum atomic E-state index is -0.913. The summed E-state index contributed by atoms with van der Waals surface area (Å²) < 4.78 is 5.64. The summed E-state index contributed by atoms with van der Waals surface area (Å²) in [6, 6.07) is 16.0. The number of aliphatic carboxylic acids is 1. The first-order valence-electron chi connectivity index (χ1n) is 9.68. The van der Waals surface area contributed by atoms with Crippen molar-refractivity contribution in [3.05, 3.63) is 59.7 Å². The van der Waals surface area contributed by atoms with Gasteiger partial charge >= 0.3 is 12.1 Å². The molecule has 0 radical (unpaired) electrons. The second kappa shape index (κ2) is 8.46. The molecule has 2 aromatic carbocycles. The van der Waals surface area contributed by atoms with Gasteiger partial charge in [0.25, 0.3) is 0 Å². The Labute approximate surface area is 165 Å². The average molecular weight is 381 g/mol. The Kier molecular flexibility index (Phi) is 6.02. The molecular formula is C23H27NO4. The van der Waals surface area contributed by atoms with Crippen molar-refractivity contribution in [2.75, 3.05) is 13.7 Å². The largest absolute Gasteiger partial charge is 0.481 e. The highest BCUT2D eigenvalue weighted by Crippen LogP contribution is 2.44. The van der Waals surface area contributed by atoms with Gasteiger partial charge in [-0.2, -0.15) is 0 Å². The number of ether oxygens (including phenoxy) is 1. The van der Waals surface area contributed by atoms with Crippen LogP contribution in [0.3, 0.4) is 0 Å². The lowest BCUT2D eigenvalue weighted by molar-refractivity contribution is -0.138. The number of hydrogen-bond donors (Lipinski definition) is 1. The van der Waals surface area contributed by atoms with Crippen molar-refractivity contribution in [1.29, 1.82) is 0 Å². The van der Waals surface area contributed by atoms with Crippen molar-refractivity contribution in [2.24, 2.45) is 5.92 Å². The minimum absolute atomic E-state index is 0.00669. The molecule has 0 saturated carbocycles. The van der Waals surface area contributed by atoms with Gasteiger partial charge in [0.2, 0.25) is 0 Å². The summed E-state index contributed by atoms with van der Waals surface area (Å²) in [7, 11) is 1.62. The molecule has 5 heteroatoms. The van der Waals surface area contributed by atoms with Crippen molar-refractivity contribution in [2.45, 2.75) is 38.6 Å². The first-order chi connectivity index (χ1) is 13.4. The van der Waals surface area contributed by atoms with Gasteiger partial charge in [-0.25, -0.2) is 4.79 Å². The van der Waals surface area contributed by atoms with Crippen molar-refractivity contribution in [1.82, 2.24) is 4.90 Å². The Balaban J connectivity index is 1.72. The number of benzene rings is 2. The van der Waals surface area contributed by atoms with Crippen LogP contribution >= 0.6 is 0 Å². The molecule has 1 atom stereocenters. The molecular weight excluding hydrogens is 354 g/mol. The van der Waals surface area contributed by atoms with Gasteiger partial charge in [-0.05, 0) is 34.6 Å². The number of carboxylic acid groups (broad SMARTS) is 1. The number of rotatable bonds is 7. The molecule has 1 N–H and O–H groups in total. The second-order valence-electron chi connectivity index (χ2n) is 7.80. The summed E-state index contributed by atoms with van der Waals surface area (Å²) in [6.45, 7) is 4.26. The van der Waals surface area contributed by atoms with Gasteiger partial charge < -0.3 is 14.7 Å². The van der Waals surface area contributed by atoms with Gasteiger partial charge in [0.05, 0.1) is 6.42 Å². The fourth-order valence-electron chi connectivity index (χ4n) is 3.97. The number of carbonyl (C=O) groups is 2. The molecule has 1 aliphatic rings. The Morgan fingerprint density at radius 1 is 1.04 bits per heavy atom. The van der Waals surface area contributed by atoms with Gasteiger partial charge in [-0.1, -0.05) is 62.4 Å². The summed E-state index contributed by atoms with van der Waals surface area (Å²) in [6.07, 6.45) is 0.0556. The summed E-state index contributed by atoms with van der Waals surface area (Å²) in [5.74, 6) is -0.634. The third-order valence-electron chi connectivity index (χ3n) is 5.33. The molecule has 0 heterocycles. The van der Waals surface area contributed by atoms with Crippen LogP contribution in [-0.4, -0.2) is 41.8 Å². The highest BCUT2D eigenvalue weighted by Gasteiger charge is 2.30. The van der Waals surface area contributed by atoms with Crippen LogP contribution in [0.4, 0.5) is 4.79 Å². The molecule has 2 aromatic rings. The van der Waals surface area contributed by atoms with Crippen molar-refractivity contribution >= 4 is 12.1 Å². The highest BCUT2D eigenvalue weighted by atomic mass is 16.6. The number of carbonyl (C=O) groups excluding carboxylic acids is 1. The lowest BCUT2D eigenvalue weighted by Crippen LogP contribution is -2.40. The molecule has 1 aliphatic carbocycles. The van der Waals surface area contributed by atoms with Crippen LogP contribution in [0.2, 0.25) is 0 Å². The number of nitrogens with zero attached hydrogens (tertiary/aromatic N) is 1. The van der Waals surface area contributed by atoms with E-state index in [1.54, 1.807) is 7.05 Å². The van der Waals surface area contributed by atoms with E-state index in [9.17, 15) is 9.59 Å². The van der Waals surface area contributed by atoms with E-state index in [1.165, 1.54) is 16.0 Å². The molecule has 148 valence electrons. The molecule has 5 nitrogen and oxygen atoms in total. The first kappa shape index (κ1) is 19.9. The first-order valence-corrected chi connectivity index (χ1v) is 9.68. The number of fused-ring (bicyclic) bond motifs is 3. The SMILES string of the molecule is CC(C)C[C@@H](CC(=O)O)N(C)C(=O)OCC1c2ccccc2-c2ccccc21. The summed E-state index contributed by atoms with van der Waals surface area (Å²) in [5.41, 5.74) is 4.67. The van der Waals surface area contributed by atoms with Crippen molar-refractivity contribution in [3.8, 4) is 11.1 Å². The van der Waals surface area contributed by atoms with Crippen LogP contribution in [0.1, 0.15) is 43.7 Å². The standard InChI is InChI=1S/C23H27NO4/c1-15(2)12-16(13-22(25)26)24(3)23(27)28-14-21-19-10-6-4-8-17(19)18-9-5-7-11-20(18)21/h4-11,15-16,21H,12-14H2,1-3H3,(H,25,26)/t16-/m0/s1. The van der Waals surface area contributed by atoms with Crippen molar-refractivity contribution < 1.29 is 19.4 Å². The topological polar surface area (TPSA) is 66.8 Å². The average Bonchev–Trinajstić information content (AvgIpc) is 2.98. The summed E-state index contributed by atoms with van der Waals surface area (Å²) >= 11 is 0. The van der Waals surface area contributed by atoms with E-state index in [0.717, 1.165) is 11.1 Å². The van der Waals surface area contributed by atoms with Crippen LogP contribution in [0.5, 0.6) is 0 Å². The molecule has 0 unspecified atom stereocenters. The maximum absolute atomic E-state index is 12.6. The monoisotopic (exact) mass is 381 g/mol. The Morgan fingerprint density at radius 3 is 2.07 bits per heavy atom. The van der Waals surface area contributed by atoms with Crippen molar-refractivity contribution in [3.63, 3.8) is 0 Å². The van der Waals surface area contributed by atoms with Gasteiger partial charge in [-0.15, -0.1) is 0 Å². The molecule has 0 bridgehead atoms. The Morgan fingerprint density at radius 2 is 1.57 bits per heavy atom. The van der Waals surface area contributed by atoms with Gasteiger partial charge in [0.1, 0.15) is 6.61 Å². The normalized spacial score (nSPS) is 13.7. The molecule has 0 aromatic heterocycles. The quantitative estimate of drug-likeness (QED) is 0.751. The maximum Gasteiger partial charge on any atom is 0.409 e. The Hall–Kier alpha value is -2.82. The molecule has 0 aliphatic heterocycles. The highest BCUT2D eigenvalue weighted by molar-refractivity contribution is 5.79. The van der Waals surface area contributed by atoms with E-state index in [-0.39, 0.29) is 30.9 Å². The van der Waals surface area contributed by atoms with E-state index in [4.69, 9.17) is 9.84 Å². The predicted molar refractivity (Wildman–Crippen MR) is 108 cm³/mol. The van der Waals surface area contributed by atoms with Gasteiger partial charge in [-0.3, -0.25) is 4.79 Å².